The van der Waals surface area contributed by atoms with Crippen molar-refractivity contribution in [3.8, 4) is 0 Å². The number of aryl methyl sites for hydroxylation is 2. The number of rotatable bonds is 5. The Labute approximate surface area is 87.7 Å². The van der Waals surface area contributed by atoms with Gasteiger partial charge in [0.15, 0.2) is 0 Å². The van der Waals surface area contributed by atoms with Gasteiger partial charge in [-0.3, -0.25) is 0 Å². The van der Waals surface area contributed by atoms with Crippen LogP contribution in [0.15, 0.2) is 36.4 Å². The molecule has 0 aromatic heterocycles. The van der Waals surface area contributed by atoms with E-state index in [1.54, 1.807) is 0 Å². The van der Waals surface area contributed by atoms with Gasteiger partial charge in [0.25, 0.3) is 0 Å². The van der Waals surface area contributed by atoms with Crippen LogP contribution >= 0.6 is 0 Å². The molecule has 0 saturated heterocycles. The molecule has 0 bridgehead atoms. The molecule has 0 amide bonds. The Morgan fingerprint density at radius 2 is 1.86 bits per heavy atom. The van der Waals surface area contributed by atoms with Gasteiger partial charge in [-0.15, -0.1) is 0 Å². The van der Waals surface area contributed by atoms with Crippen LogP contribution in [0.3, 0.4) is 0 Å². The zero-order chi connectivity index (χ0) is 10.4. The lowest BCUT2D eigenvalue weighted by Crippen LogP contribution is -1.87. The van der Waals surface area contributed by atoms with Gasteiger partial charge in [0.05, 0.1) is 0 Å². The van der Waals surface area contributed by atoms with Crippen LogP contribution in [0.5, 0.6) is 0 Å². The van der Waals surface area contributed by atoms with Gasteiger partial charge in [0.1, 0.15) is 0 Å². The summed E-state index contributed by atoms with van der Waals surface area (Å²) in [6.45, 7) is 8.32. The van der Waals surface area contributed by atoms with Crippen LogP contribution in [0.1, 0.15) is 37.3 Å². The van der Waals surface area contributed by atoms with Gasteiger partial charge < -0.3 is 0 Å². The number of benzene rings is 1. The lowest BCUT2D eigenvalue weighted by molar-refractivity contribution is 0.789. The van der Waals surface area contributed by atoms with Crippen molar-refractivity contribution in [3.05, 3.63) is 47.5 Å². The minimum Gasteiger partial charge on any atom is -0.0999 e. The molecule has 0 heteroatoms. The van der Waals surface area contributed by atoms with Crippen molar-refractivity contribution in [1.82, 2.24) is 0 Å². The van der Waals surface area contributed by atoms with Crippen LogP contribution in [0, 0.1) is 6.92 Å². The van der Waals surface area contributed by atoms with Crippen LogP contribution in [0.2, 0.25) is 0 Å². The van der Waals surface area contributed by atoms with Gasteiger partial charge in [-0.05, 0) is 38.2 Å². The smallest absolute Gasteiger partial charge is 0.0276 e. The second-order valence-corrected chi connectivity index (χ2v) is 3.94. The van der Waals surface area contributed by atoms with Crippen molar-refractivity contribution in [3.63, 3.8) is 0 Å². The molecule has 0 fully saturated rings. The molecular weight excluding hydrogens is 168 g/mol. The van der Waals surface area contributed by atoms with E-state index in [-0.39, 0.29) is 0 Å². The topological polar surface area (TPSA) is 0 Å². The van der Waals surface area contributed by atoms with Crippen molar-refractivity contribution >= 4 is 0 Å². The fraction of sp³-hybridized carbons (Fsp3) is 0.429. The average Bonchev–Trinajstić information content (AvgIpc) is 2.21. The summed E-state index contributed by atoms with van der Waals surface area (Å²) in [6.07, 6.45) is 4.70. The highest BCUT2D eigenvalue weighted by Crippen LogP contribution is 2.11. The van der Waals surface area contributed by atoms with Gasteiger partial charge in [-0.25, -0.2) is 0 Å². The summed E-state index contributed by atoms with van der Waals surface area (Å²) in [5, 5.41) is 0. The molecule has 0 heterocycles. The maximum Gasteiger partial charge on any atom is -0.0276 e. The molecule has 1 aromatic rings. The molecular formula is C14H20. The predicted molar refractivity (Wildman–Crippen MR) is 63.5 cm³/mol. The van der Waals surface area contributed by atoms with Crippen LogP contribution in [0.25, 0.3) is 0 Å². The molecule has 0 aliphatic carbocycles. The van der Waals surface area contributed by atoms with E-state index in [2.05, 4.69) is 44.7 Å². The highest BCUT2D eigenvalue weighted by Gasteiger charge is 1.94. The highest BCUT2D eigenvalue weighted by atomic mass is 14.0. The van der Waals surface area contributed by atoms with Crippen molar-refractivity contribution in [1.29, 1.82) is 0 Å². The Kier molecular flexibility index (Phi) is 4.45. The van der Waals surface area contributed by atoms with Gasteiger partial charge in [0, 0.05) is 0 Å². The average molecular weight is 188 g/mol. The first kappa shape index (κ1) is 11.0. The first-order valence-corrected chi connectivity index (χ1v) is 5.44. The molecule has 0 nitrogen and oxygen atoms in total. The maximum atomic E-state index is 4.02. The highest BCUT2D eigenvalue weighted by molar-refractivity contribution is 5.21. The Bertz CT molecular complexity index is 279. The van der Waals surface area contributed by atoms with Crippen molar-refractivity contribution in [2.45, 2.75) is 39.5 Å². The standard InChI is InChI=1S/C14H20/c1-4-12(2)6-5-7-14-10-8-13(3)9-11-14/h8-11H,2,4-7H2,1,3H3. The van der Waals surface area contributed by atoms with E-state index in [0.717, 1.165) is 6.42 Å². The second kappa shape index (κ2) is 5.64. The second-order valence-electron chi connectivity index (χ2n) is 3.94. The fourth-order valence-electron chi connectivity index (χ4n) is 1.47. The van der Waals surface area contributed by atoms with Crippen LogP contribution in [-0.2, 0) is 6.42 Å². The quantitative estimate of drug-likeness (QED) is 0.605. The number of hydrogen-bond acceptors (Lipinski definition) is 0. The Balaban J connectivity index is 2.31. The third kappa shape index (κ3) is 3.78. The minimum absolute atomic E-state index is 1.12. The zero-order valence-corrected chi connectivity index (χ0v) is 9.34. The van der Waals surface area contributed by atoms with E-state index in [0.29, 0.717) is 0 Å². The third-order valence-electron chi connectivity index (χ3n) is 2.62. The monoisotopic (exact) mass is 188 g/mol. The zero-order valence-electron chi connectivity index (χ0n) is 9.34. The van der Waals surface area contributed by atoms with Crippen molar-refractivity contribution < 1.29 is 0 Å². The van der Waals surface area contributed by atoms with E-state index < -0.39 is 0 Å². The first-order valence-electron chi connectivity index (χ1n) is 5.44. The molecule has 0 N–H and O–H groups in total. The Hall–Kier alpha value is -1.04. The number of hydrogen-bond donors (Lipinski definition) is 0. The maximum absolute atomic E-state index is 4.02. The normalized spacial score (nSPS) is 10.1. The van der Waals surface area contributed by atoms with Crippen LogP contribution < -0.4 is 0 Å². The van der Waals surface area contributed by atoms with Crippen LogP contribution in [0.4, 0.5) is 0 Å². The molecule has 0 atom stereocenters. The molecule has 0 aliphatic heterocycles. The molecule has 14 heavy (non-hydrogen) atoms. The summed E-state index contributed by atoms with van der Waals surface area (Å²) in [7, 11) is 0. The Morgan fingerprint density at radius 1 is 1.21 bits per heavy atom. The number of allylic oxidation sites excluding steroid dienone is 1. The SMILES string of the molecule is C=C(CC)CCCc1ccc(C)cc1. The van der Waals surface area contributed by atoms with Gasteiger partial charge in [0.2, 0.25) is 0 Å². The molecule has 1 aromatic carbocycles. The predicted octanol–water partition coefficient (Wildman–Crippen LogP) is 4.28. The van der Waals surface area contributed by atoms with Gasteiger partial charge >= 0.3 is 0 Å². The van der Waals surface area contributed by atoms with Gasteiger partial charge in [-0.2, -0.15) is 0 Å². The van der Waals surface area contributed by atoms with E-state index in [1.807, 2.05) is 0 Å². The molecule has 0 saturated carbocycles. The molecule has 1 rings (SSSR count). The summed E-state index contributed by atoms with van der Waals surface area (Å²) in [6, 6.07) is 8.82. The fourth-order valence-corrected chi connectivity index (χ4v) is 1.47. The van der Waals surface area contributed by atoms with E-state index >= 15 is 0 Å². The summed E-state index contributed by atoms with van der Waals surface area (Å²) in [5.41, 5.74) is 4.16. The summed E-state index contributed by atoms with van der Waals surface area (Å²) in [4.78, 5) is 0. The van der Waals surface area contributed by atoms with E-state index in [1.165, 1.54) is 36.0 Å². The molecule has 0 radical (unpaired) electrons. The summed E-state index contributed by atoms with van der Waals surface area (Å²) >= 11 is 0. The summed E-state index contributed by atoms with van der Waals surface area (Å²) in [5.74, 6) is 0. The van der Waals surface area contributed by atoms with Crippen LogP contribution in [-0.4, -0.2) is 0 Å². The minimum atomic E-state index is 1.12. The largest absolute Gasteiger partial charge is 0.0999 e. The van der Waals surface area contributed by atoms with E-state index in [9.17, 15) is 0 Å². The van der Waals surface area contributed by atoms with E-state index in [4.69, 9.17) is 0 Å². The molecule has 0 spiro atoms. The van der Waals surface area contributed by atoms with Gasteiger partial charge in [-0.1, -0.05) is 48.9 Å². The molecule has 0 aliphatic rings. The Morgan fingerprint density at radius 3 is 2.43 bits per heavy atom. The third-order valence-corrected chi connectivity index (χ3v) is 2.62. The van der Waals surface area contributed by atoms with Crippen molar-refractivity contribution in [2.24, 2.45) is 0 Å². The lowest BCUT2D eigenvalue weighted by atomic mass is 10.0. The summed E-state index contributed by atoms with van der Waals surface area (Å²) < 4.78 is 0. The first-order chi connectivity index (χ1) is 6.72. The van der Waals surface area contributed by atoms with Crippen molar-refractivity contribution in [2.75, 3.05) is 0 Å². The molecule has 0 unspecified atom stereocenters. The molecule has 76 valence electrons. The lowest BCUT2D eigenvalue weighted by Gasteiger charge is -2.03.